The zero-order chi connectivity index (χ0) is 17.7. The molecule has 0 spiro atoms. The van der Waals surface area contributed by atoms with E-state index < -0.39 is 6.04 Å². The molecule has 0 bridgehead atoms. The van der Waals surface area contributed by atoms with Crippen LogP contribution >= 0.6 is 11.3 Å². The molecule has 1 aromatic carbocycles. The van der Waals surface area contributed by atoms with Gasteiger partial charge < -0.3 is 10.4 Å². The second kappa shape index (κ2) is 5.49. The molecule has 0 aliphatic carbocycles. The molecule has 0 saturated heterocycles. The Hall–Kier alpha value is -3.53. The van der Waals surface area contributed by atoms with Crippen LogP contribution in [0.5, 0.6) is 5.75 Å². The molecular formula is C16H11N7O2S. The number of nitrogens with zero attached hydrogens (tertiary/aromatic N) is 5. The fourth-order valence-corrected chi connectivity index (χ4v) is 3.87. The quantitative estimate of drug-likeness (QED) is 0.437. The molecule has 4 heterocycles. The molecular weight excluding hydrogens is 354 g/mol. The van der Waals surface area contributed by atoms with Gasteiger partial charge in [0.25, 0.3) is 5.56 Å². The second-order valence-corrected chi connectivity index (χ2v) is 6.68. The summed E-state index contributed by atoms with van der Waals surface area (Å²) in [6, 6.07) is 10.1. The Morgan fingerprint density at radius 3 is 2.96 bits per heavy atom. The molecule has 10 heteroatoms. The Labute approximate surface area is 149 Å². The van der Waals surface area contributed by atoms with E-state index in [1.165, 1.54) is 11.3 Å². The van der Waals surface area contributed by atoms with Crippen LogP contribution in [0.3, 0.4) is 0 Å². The lowest BCUT2D eigenvalue weighted by atomic mass is 9.94. The first-order chi connectivity index (χ1) is 12.7. The van der Waals surface area contributed by atoms with E-state index in [1.807, 2.05) is 23.6 Å². The highest BCUT2D eigenvalue weighted by molar-refractivity contribution is 7.13. The number of phenols is 1. The lowest BCUT2D eigenvalue weighted by Crippen LogP contribution is -2.29. The third-order valence-electron chi connectivity index (χ3n) is 4.21. The average molecular weight is 365 g/mol. The topological polar surface area (TPSA) is 122 Å². The highest BCUT2D eigenvalue weighted by atomic mass is 32.1. The zero-order valence-corrected chi connectivity index (χ0v) is 13.9. The second-order valence-electron chi connectivity index (χ2n) is 5.74. The minimum absolute atomic E-state index is 0.118. The Bertz CT molecular complexity index is 1170. The van der Waals surface area contributed by atoms with E-state index in [9.17, 15) is 9.90 Å². The van der Waals surface area contributed by atoms with E-state index in [4.69, 9.17) is 0 Å². The van der Waals surface area contributed by atoms with Crippen molar-refractivity contribution in [2.75, 3.05) is 5.32 Å². The normalized spacial score (nSPS) is 15.2. The number of tetrazole rings is 1. The van der Waals surface area contributed by atoms with Crippen molar-refractivity contribution in [1.29, 1.82) is 0 Å². The van der Waals surface area contributed by atoms with Crippen LogP contribution < -0.4 is 10.9 Å². The number of hydrogen-bond donors (Lipinski definition) is 3. The summed E-state index contributed by atoms with van der Waals surface area (Å²) in [5, 5.41) is 33.4. The van der Waals surface area contributed by atoms with Gasteiger partial charge in [-0.25, -0.2) is 5.10 Å². The van der Waals surface area contributed by atoms with Crippen molar-refractivity contribution in [2.24, 2.45) is 0 Å². The summed E-state index contributed by atoms with van der Waals surface area (Å²) < 4.78 is 1.58. The minimum atomic E-state index is -0.504. The third kappa shape index (κ3) is 2.12. The van der Waals surface area contributed by atoms with Gasteiger partial charge in [-0.3, -0.25) is 4.79 Å². The van der Waals surface area contributed by atoms with Crippen molar-refractivity contribution in [3.63, 3.8) is 0 Å². The zero-order valence-electron chi connectivity index (χ0n) is 13.1. The van der Waals surface area contributed by atoms with Crippen LogP contribution in [0.4, 0.5) is 11.6 Å². The molecule has 26 heavy (non-hydrogen) atoms. The third-order valence-corrected chi connectivity index (χ3v) is 5.09. The lowest BCUT2D eigenvalue weighted by Gasteiger charge is -2.27. The van der Waals surface area contributed by atoms with Crippen LogP contribution in [0, 0.1) is 0 Å². The maximum atomic E-state index is 12.5. The number of aromatic amines is 1. The molecule has 0 fully saturated rings. The predicted octanol–water partition coefficient (Wildman–Crippen LogP) is 1.89. The van der Waals surface area contributed by atoms with Gasteiger partial charge in [0.1, 0.15) is 23.2 Å². The van der Waals surface area contributed by atoms with Gasteiger partial charge in [0.15, 0.2) is 0 Å². The molecule has 1 aliphatic rings. The smallest absolute Gasteiger partial charge is 0.288 e. The fourth-order valence-electron chi connectivity index (χ4n) is 3.14. The van der Waals surface area contributed by atoms with Gasteiger partial charge in [0, 0.05) is 5.56 Å². The maximum absolute atomic E-state index is 12.5. The first-order valence-corrected chi connectivity index (χ1v) is 8.60. The van der Waals surface area contributed by atoms with Crippen LogP contribution in [-0.2, 0) is 0 Å². The molecule has 4 aromatic rings. The summed E-state index contributed by atoms with van der Waals surface area (Å²) >= 11 is 1.52. The largest absolute Gasteiger partial charge is 0.508 e. The van der Waals surface area contributed by atoms with Crippen molar-refractivity contribution in [2.45, 2.75) is 6.04 Å². The average Bonchev–Trinajstić information content (AvgIpc) is 3.32. The lowest BCUT2D eigenvalue weighted by molar-refractivity contribution is 0.472. The van der Waals surface area contributed by atoms with Crippen molar-refractivity contribution in [1.82, 2.24) is 30.4 Å². The van der Waals surface area contributed by atoms with Gasteiger partial charge in [-0.1, -0.05) is 23.3 Å². The van der Waals surface area contributed by atoms with Crippen molar-refractivity contribution in [3.8, 4) is 16.3 Å². The predicted molar refractivity (Wildman–Crippen MR) is 94.6 cm³/mol. The SMILES string of the molecule is O=c1[nH]nc(-c2cccs2)c2c1Nc1nnnn1[C@H]2c1cccc(O)c1. The van der Waals surface area contributed by atoms with Crippen LogP contribution in [0.1, 0.15) is 17.2 Å². The van der Waals surface area contributed by atoms with E-state index in [0.29, 0.717) is 22.9 Å². The molecule has 1 atom stereocenters. The van der Waals surface area contributed by atoms with Gasteiger partial charge in [0.2, 0.25) is 5.95 Å². The van der Waals surface area contributed by atoms with E-state index in [-0.39, 0.29) is 11.3 Å². The highest BCUT2D eigenvalue weighted by Gasteiger charge is 2.34. The van der Waals surface area contributed by atoms with Gasteiger partial charge in [0.05, 0.1) is 4.88 Å². The first-order valence-electron chi connectivity index (χ1n) is 7.72. The molecule has 0 saturated carbocycles. The van der Waals surface area contributed by atoms with E-state index in [0.717, 1.165) is 10.4 Å². The maximum Gasteiger partial charge on any atom is 0.288 e. The monoisotopic (exact) mass is 365 g/mol. The van der Waals surface area contributed by atoms with Gasteiger partial charge in [-0.2, -0.15) is 9.78 Å². The van der Waals surface area contributed by atoms with Gasteiger partial charge in [-0.15, -0.1) is 11.3 Å². The number of nitrogens with one attached hydrogen (secondary N) is 2. The fraction of sp³-hybridized carbons (Fsp3) is 0.0625. The summed E-state index contributed by atoms with van der Waals surface area (Å²) in [5.74, 6) is 0.465. The summed E-state index contributed by atoms with van der Waals surface area (Å²) in [6.07, 6.45) is 0. The van der Waals surface area contributed by atoms with Crippen LogP contribution in [0.15, 0.2) is 46.6 Å². The number of aromatic hydroxyl groups is 1. The number of anilines is 2. The number of rotatable bonds is 2. The number of fused-ring (bicyclic) bond motifs is 2. The molecule has 3 N–H and O–H groups in total. The van der Waals surface area contributed by atoms with Crippen LogP contribution in [0.2, 0.25) is 0 Å². The molecule has 0 unspecified atom stereocenters. The van der Waals surface area contributed by atoms with Gasteiger partial charge in [-0.05, 0) is 39.6 Å². The Morgan fingerprint density at radius 1 is 1.23 bits per heavy atom. The van der Waals surface area contributed by atoms with Crippen LogP contribution in [0.25, 0.3) is 10.6 Å². The van der Waals surface area contributed by atoms with Crippen molar-refractivity contribution < 1.29 is 5.11 Å². The molecule has 5 rings (SSSR count). The Kier molecular flexibility index (Phi) is 3.12. The van der Waals surface area contributed by atoms with Crippen LogP contribution in [-0.4, -0.2) is 35.5 Å². The Balaban J connectivity index is 1.85. The number of aromatic nitrogens is 6. The summed E-state index contributed by atoms with van der Waals surface area (Å²) in [6.45, 7) is 0. The summed E-state index contributed by atoms with van der Waals surface area (Å²) in [4.78, 5) is 13.4. The van der Waals surface area contributed by atoms with E-state index >= 15 is 0 Å². The summed E-state index contributed by atoms with van der Waals surface area (Å²) in [5.41, 5.74) is 2.02. The standard InChI is InChI=1S/C16H11N7O2S/c24-9-4-1-3-8(7-9)14-11-12(10-5-2-6-26-10)18-19-15(25)13(11)17-16-20-21-22-23(14)16/h1-7,14,24H,(H,19,25)(H,17,20,22)/t14-/m0/s1. The highest BCUT2D eigenvalue weighted by Crippen LogP contribution is 2.42. The minimum Gasteiger partial charge on any atom is -0.508 e. The summed E-state index contributed by atoms with van der Waals surface area (Å²) in [7, 11) is 0. The number of benzene rings is 1. The molecule has 128 valence electrons. The van der Waals surface area contributed by atoms with E-state index in [2.05, 4.69) is 31.0 Å². The Morgan fingerprint density at radius 2 is 2.15 bits per heavy atom. The van der Waals surface area contributed by atoms with Crippen molar-refractivity contribution in [3.05, 3.63) is 63.3 Å². The van der Waals surface area contributed by atoms with Gasteiger partial charge >= 0.3 is 0 Å². The molecule has 1 aliphatic heterocycles. The van der Waals surface area contributed by atoms with Crippen molar-refractivity contribution >= 4 is 23.0 Å². The molecule has 9 nitrogen and oxygen atoms in total. The number of thiophene rings is 1. The number of hydrogen-bond acceptors (Lipinski definition) is 8. The number of phenolic OH excluding ortho intramolecular Hbond substituents is 1. The molecule has 3 aromatic heterocycles. The molecule has 0 radical (unpaired) electrons. The molecule has 0 amide bonds. The van der Waals surface area contributed by atoms with E-state index in [1.54, 1.807) is 22.9 Å². The number of H-pyrrole nitrogens is 1. The first kappa shape index (κ1) is 14.8.